The van der Waals surface area contributed by atoms with Gasteiger partial charge in [-0.25, -0.2) is 0 Å². The Bertz CT molecular complexity index is 1540. The van der Waals surface area contributed by atoms with Crippen molar-refractivity contribution in [1.82, 2.24) is 0 Å². The summed E-state index contributed by atoms with van der Waals surface area (Å²) in [5.41, 5.74) is 6.99. The molecule has 0 fully saturated rings. The molecular formula is C36H36N2O3. The van der Waals surface area contributed by atoms with Crippen LogP contribution in [0.15, 0.2) is 114 Å². The minimum Gasteiger partial charge on any atom is -0.493 e. The fourth-order valence-corrected chi connectivity index (χ4v) is 5.60. The standard InChI is InChI=1S/C36H36N2O3/c1-24(2)22-40-29-17-15-26(16-18-29)28-20-33-35(34(39)21-28)36(38-32-14-7-6-13-31(32)37-33)27-11-8-12-30(19-27)41-23-25-9-4-3-5-10-25/h3-19,24,28,36-38H,20-23H2,1-2H3. The van der Waals surface area contributed by atoms with E-state index < -0.39 is 0 Å². The number of hydrogen-bond acceptors (Lipinski definition) is 5. The quantitative estimate of drug-likeness (QED) is 0.234. The average Bonchev–Trinajstić information content (AvgIpc) is 3.17. The first-order chi connectivity index (χ1) is 20.0. The zero-order valence-corrected chi connectivity index (χ0v) is 23.6. The van der Waals surface area contributed by atoms with Crippen LogP contribution in [0.4, 0.5) is 11.4 Å². The van der Waals surface area contributed by atoms with Gasteiger partial charge in [-0.1, -0.05) is 80.6 Å². The monoisotopic (exact) mass is 544 g/mol. The normalized spacial score (nSPS) is 18.1. The highest BCUT2D eigenvalue weighted by atomic mass is 16.5. The molecule has 0 spiro atoms. The maximum atomic E-state index is 13.9. The third-order valence-corrected chi connectivity index (χ3v) is 7.68. The molecule has 0 radical (unpaired) electrons. The highest BCUT2D eigenvalue weighted by Gasteiger charge is 2.36. The molecule has 2 unspecified atom stereocenters. The number of hydrogen-bond donors (Lipinski definition) is 2. The lowest BCUT2D eigenvalue weighted by Gasteiger charge is -2.30. The van der Waals surface area contributed by atoms with Gasteiger partial charge in [-0.3, -0.25) is 4.79 Å². The summed E-state index contributed by atoms with van der Waals surface area (Å²) in [4.78, 5) is 13.9. The Kier molecular flexibility index (Phi) is 7.77. The molecule has 6 rings (SSSR count). The SMILES string of the molecule is CC(C)COc1ccc(C2CC(=O)C3=C(C2)Nc2ccccc2NC3c2cccc(OCc3ccccc3)c2)cc1. The predicted molar refractivity (Wildman–Crippen MR) is 164 cm³/mol. The molecule has 2 atom stereocenters. The van der Waals surface area contributed by atoms with E-state index in [1.165, 1.54) is 0 Å². The summed E-state index contributed by atoms with van der Waals surface area (Å²) < 4.78 is 12.0. The van der Waals surface area contributed by atoms with E-state index in [4.69, 9.17) is 9.47 Å². The predicted octanol–water partition coefficient (Wildman–Crippen LogP) is 8.28. The third kappa shape index (κ3) is 6.14. The highest BCUT2D eigenvalue weighted by molar-refractivity contribution is 6.01. The molecule has 5 nitrogen and oxygen atoms in total. The van der Waals surface area contributed by atoms with Gasteiger partial charge in [0.05, 0.1) is 24.0 Å². The number of ether oxygens (including phenoxy) is 2. The van der Waals surface area contributed by atoms with Crippen molar-refractivity contribution in [3.05, 3.63) is 131 Å². The number of rotatable bonds is 8. The summed E-state index contributed by atoms with van der Waals surface area (Å²) in [6.45, 7) is 5.46. The molecule has 0 aromatic heterocycles. The lowest BCUT2D eigenvalue weighted by Crippen LogP contribution is -2.26. The van der Waals surface area contributed by atoms with E-state index in [1.807, 2.05) is 54.6 Å². The Morgan fingerprint density at radius 2 is 1.51 bits per heavy atom. The Morgan fingerprint density at radius 1 is 0.756 bits per heavy atom. The largest absolute Gasteiger partial charge is 0.493 e. The molecule has 208 valence electrons. The molecule has 0 saturated carbocycles. The molecular weight excluding hydrogens is 508 g/mol. The number of allylic oxidation sites excluding steroid dienone is 1. The Hall–Kier alpha value is -4.51. The molecule has 0 saturated heterocycles. The molecule has 4 aromatic carbocycles. The lowest BCUT2D eigenvalue weighted by molar-refractivity contribution is -0.116. The summed E-state index contributed by atoms with van der Waals surface area (Å²) in [6.07, 6.45) is 1.22. The van der Waals surface area contributed by atoms with Crippen LogP contribution in [0.1, 0.15) is 55.3 Å². The second-order valence-corrected chi connectivity index (χ2v) is 11.3. The van der Waals surface area contributed by atoms with Crippen LogP contribution in [-0.2, 0) is 11.4 Å². The van der Waals surface area contributed by atoms with Gasteiger partial charge in [0.15, 0.2) is 5.78 Å². The third-order valence-electron chi connectivity index (χ3n) is 7.68. The smallest absolute Gasteiger partial charge is 0.163 e. The van der Waals surface area contributed by atoms with Gasteiger partial charge in [-0.05, 0) is 71.3 Å². The molecule has 1 aliphatic heterocycles. The zero-order valence-electron chi connectivity index (χ0n) is 23.6. The molecule has 0 bridgehead atoms. The van der Waals surface area contributed by atoms with E-state index >= 15 is 0 Å². The van der Waals surface area contributed by atoms with Crippen LogP contribution in [-0.4, -0.2) is 12.4 Å². The average molecular weight is 545 g/mol. The van der Waals surface area contributed by atoms with Gasteiger partial charge in [0.2, 0.25) is 0 Å². The first-order valence-electron chi connectivity index (χ1n) is 14.4. The van der Waals surface area contributed by atoms with Gasteiger partial charge in [-0.2, -0.15) is 0 Å². The van der Waals surface area contributed by atoms with E-state index in [9.17, 15) is 4.79 Å². The van der Waals surface area contributed by atoms with Crippen LogP contribution in [0.2, 0.25) is 0 Å². The fourth-order valence-electron chi connectivity index (χ4n) is 5.60. The number of anilines is 2. The molecule has 0 amide bonds. The summed E-state index contributed by atoms with van der Waals surface area (Å²) in [6, 6.07) is 34.3. The van der Waals surface area contributed by atoms with Gasteiger partial charge in [0, 0.05) is 17.7 Å². The molecule has 5 heteroatoms. The summed E-state index contributed by atoms with van der Waals surface area (Å²) in [5, 5.41) is 7.32. The maximum Gasteiger partial charge on any atom is 0.163 e. The highest BCUT2D eigenvalue weighted by Crippen LogP contribution is 2.44. The van der Waals surface area contributed by atoms with Crippen LogP contribution in [0.5, 0.6) is 11.5 Å². The molecule has 41 heavy (non-hydrogen) atoms. The van der Waals surface area contributed by atoms with E-state index in [2.05, 4.69) is 73.0 Å². The van der Waals surface area contributed by atoms with Gasteiger partial charge in [0.25, 0.3) is 0 Å². The van der Waals surface area contributed by atoms with Crippen molar-refractivity contribution in [1.29, 1.82) is 0 Å². The van der Waals surface area contributed by atoms with E-state index in [-0.39, 0.29) is 17.7 Å². The first kappa shape index (κ1) is 26.7. The van der Waals surface area contributed by atoms with Crippen molar-refractivity contribution in [3.8, 4) is 11.5 Å². The van der Waals surface area contributed by atoms with Crippen molar-refractivity contribution < 1.29 is 14.3 Å². The number of benzene rings is 4. The van der Waals surface area contributed by atoms with Crippen LogP contribution < -0.4 is 20.1 Å². The fraction of sp³-hybridized carbons (Fsp3) is 0.250. The van der Waals surface area contributed by atoms with Crippen LogP contribution in [0.25, 0.3) is 0 Å². The maximum absolute atomic E-state index is 13.9. The van der Waals surface area contributed by atoms with Crippen LogP contribution >= 0.6 is 0 Å². The molecule has 1 heterocycles. The Balaban J connectivity index is 1.29. The summed E-state index contributed by atoms with van der Waals surface area (Å²) in [7, 11) is 0. The van der Waals surface area contributed by atoms with Crippen molar-refractivity contribution >= 4 is 17.2 Å². The lowest BCUT2D eigenvalue weighted by atomic mass is 9.78. The number of carbonyl (C=O) groups is 1. The Labute approximate surface area is 242 Å². The second-order valence-electron chi connectivity index (χ2n) is 11.3. The van der Waals surface area contributed by atoms with Gasteiger partial charge in [-0.15, -0.1) is 0 Å². The molecule has 2 aliphatic rings. The number of ketones is 1. The number of carbonyl (C=O) groups excluding carboxylic acids is 1. The topological polar surface area (TPSA) is 59.6 Å². The minimum atomic E-state index is -0.290. The Morgan fingerprint density at radius 3 is 2.29 bits per heavy atom. The number of Topliss-reactive ketones (excluding diaryl/α,β-unsaturated/α-hetero) is 1. The van der Waals surface area contributed by atoms with Crippen molar-refractivity contribution in [2.24, 2.45) is 5.92 Å². The zero-order chi connectivity index (χ0) is 28.2. The van der Waals surface area contributed by atoms with Crippen molar-refractivity contribution in [2.75, 3.05) is 17.2 Å². The minimum absolute atomic E-state index is 0.0966. The van der Waals surface area contributed by atoms with Gasteiger partial charge >= 0.3 is 0 Å². The van der Waals surface area contributed by atoms with Crippen molar-refractivity contribution in [3.63, 3.8) is 0 Å². The van der Waals surface area contributed by atoms with Gasteiger partial charge in [0.1, 0.15) is 18.1 Å². The van der Waals surface area contributed by atoms with E-state index in [0.717, 1.165) is 57.3 Å². The summed E-state index contributed by atoms with van der Waals surface area (Å²) >= 11 is 0. The molecule has 1 aliphatic carbocycles. The molecule has 4 aromatic rings. The number of fused-ring (bicyclic) bond motifs is 1. The molecule has 2 N–H and O–H groups in total. The van der Waals surface area contributed by atoms with Crippen molar-refractivity contribution in [2.45, 2.75) is 45.3 Å². The number of nitrogens with one attached hydrogen (secondary N) is 2. The van der Waals surface area contributed by atoms with Crippen LogP contribution in [0, 0.1) is 5.92 Å². The second kappa shape index (κ2) is 11.9. The van der Waals surface area contributed by atoms with Gasteiger partial charge < -0.3 is 20.1 Å². The van der Waals surface area contributed by atoms with E-state index in [1.54, 1.807) is 0 Å². The van der Waals surface area contributed by atoms with E-state index in [0.29, 0.717) is 25.6 Å². The first-order valence-corrected chi connectivity index (χ1v) is 14.4. The van der Waals surface area contributed by atoms with Crippen LogP contribution in [0.3, 0.4) is 0 Å². The number of para-hydroxylation sites is 2. The summed E-state index contributed by atoms with van der Waals surface area (Å²) in [5.74, 6) is 2.37.